The summed E-state index contributed by atoms with van der Waals surface area (Å²) in [6.45, 7) is 5.69. The third-order valence-corrected chi connectivity index (χ3v) is 3.13. The molecule has 0 aliphatic carbocycles. The van der Waals surface area contributed by atoms with Crippen LogP contribution in [0, 0.1) is 5.92 Å². The normalized spacial score (nSPS) is 10.4. The second-order valence-corrected chi connectivity index (χ2v) is 5.93. The van der Waals surface area contributed by atoms with Crippen molar-refractivity contribution in [3.63, 3.8) is 0 Å². The van der Waals surface area contributed by atoms with Gasteiger partial charge in [0.25, 0.3) is 5.91 Å². The Morgan fingerprint density at radius 1 is 1.00 bits per heavy atom. The van der Waals surface area contributed by atoms with E-state index in [1.165, 1.54) is 7.05 Å². The average molecular weight is 359 g/mol. The van der Waals surface area contributed by atoms with E-state index >= 15 is 0 Å². The number of amides is 1. The van der Waals surface area contributed by atoms with Gasteiger partial charge in [-0.05, 0) is 12.3 Å². The molecule has 0 aromatic rings. The molecule has 8 heteroatoms. The Morgan fingerprint density at radius 2 is 1.68 bits per heavy atom. The second-order valence-electron chi connectivity index (χ2n) is 5.93. The molecule has 0 spiro atoms. The first-order valence-corrected chi connectivity index (χ1v) is 8.51. The monoisotopic (exact) mass is 359 g/mol. The minimum atomic E-state index is -0.712. The molecule has 0 rings (SSSR count). The molecule has 0 aromatic heterocycles. The highest BCUT2D eigenvalue weighted by atomic mass is 16.7. The largest absolute Gasteiger partial charge is 0.466 e. The number of carbonyl (C=O) groups excluding carboxylic acids is 4. The third kappa shape index (κ3) is 14.1. The van der Waals surface area contributed by atoms with Crippen molar-refractivity contribution >= 4 is 24.1 Å². The fourth-order valence-electron chi connectivity index (χ4n) is 1.63. The molecule has 0 aromatic carbocycles. The molecule has 0 radical (unpaired) electrons. The van der Waals surface area contributed by atoms with Gasteiger partial charge in [0.1, 0.15) is 6.29 Å². The van der Waals surface area contributed by atoms with Crippen molar-refractivity contribution in [3.05, 3.63) is 0 Å². The molecule has 0 N–H and O–H groups in total. The molecule has 0 saturated carbocycles. The Hall–Kier alpha value is -1.96. The molecule has 0 heterocycles. The molecule has 0 fully saturated rings. The quantitative estimate of drug-likeness (QED) is 0.213. The van der Waals surface area contributed by atoms with Crippen LogP contribution in [0.4, 0.5) is 0 Å². The molecule has 0 aliphatic heterocycles. The van der Waals surface area contributed by atoms with Gasteiger partial charge in [-0.25, -0.2) is 4.79 Å². The topological polar surface area (TPSA) is 99.2 Å². The lowest BCUT2D eigenvalue weighted by Crippen LogP contribution is -2.30. The summed E-state index contributed by atoms with van der Waals surface area (Å²) in [4.78, 5) is 49.4. The summed E-state index contributed by atoms with van der Waals surface area (Å²) in [5.74, 6) is -1.11. The number of rotatable bonds is 13. The van der Waals surface area contributed by atoms with E-state index in [1.54, 1.807) is 0 Å². The molecule has 0 aliphatic rings. The van der Waals surface area contributed by atoms with Crippen LogP contribution in [0.3, 0.4) is 0 Å². The van der Waals surface area contributed by atoms with Crippen molar-refractivity contribution in [1.82, 2.24) is 5.06 Å². The van der Waals surface area contributed by atoms with Crippen molar-refractivity contribution in [2.24, 2.45) is 5.92 Å². The lowest BCUT2D eigenvalue weighted by Gasteiger charge is -2.15. The Morgan fingerprint density at radius 3 is 2.32 bits per heavy atom. The van der Waals surface area contributed by atoms with Crippen LogP contribution in [-0.2, 0) is 33.5 Å². The minimum absolute atomic E-state index is 0.0332. The van der Waals surface area contributed by atoms with E-state index < -0.39 is 17.8 Å². The standard InChI is InChI=1S/C17H29NO7/c1-14(2)9-13-23-11-5-12-24-16(21)7-8-17(22)25-18(3)15(20)6-4-10-19/h10,14H,4-9,11-13H2,1-3H3. The first-order chi connectivity index (χ1) is 11.9. The Labute approximate surface area is 148 Å². The van der Waals surface area contributed by atoms with Crippen molar-refractivity contribution in [2.75, 3.05) is 26.9 Å². The molecule has 25 heavy (non-hydrogen) atoms. The molecule has 1 amide bonds. The smallest absolute Gasteiger partial charge is 0.333 e. The van der Waals surface area contributed by atoms with Crippen LogP contribution in [-0.4, -0.2) is 56.1 Å². The zero-order valence-corrected chi connectivity index (χ0v) is 15.3. The summed E-state index contributed by atoms with van der Waals surface area (Å²) in [7, 11) is 1.28. The summed E-state index contributed by atoms with van der Waals surface area (Å²) in [6.07, 6.45) is 1.93. The summed E-state index contributed by atoms with van der Waals surface area (Å²) >= 11 is 0. The van der Waals surface area contributed by atoms with Crippen molar-refractivity contribution in [3.8, 4) is 0 Å². The molecule has 144 valence electrons. The Kier molecular flexibility index (Phi) is 13.3. The number of hydrogen-bond donors (Lipinski definition) is 0. The van der Waals surface area contributed by atoms with Crippen molar-refractivity contribution < 1.29 is 33.5 Å². The highest BCUT2D eigenvalue weighted by Crippen LogP contribution is 2.02. The van der Waals surface area contributed by atoms with Gasteiger partial charge in [-0.1, -0.05) is 13.8 Å². The first-order valence-electron chi connectivity index (χ1n) is 8.51. The number of esters is 1. The zero-order chi connectivity index (χ0) is 19.1. The Balaban J connectivity index is 3.68. The summed E-state index contributed by atoms with van der Waals surface area (Å²) in [5, 5.41) is 0.770. The van der Waals surface area contributed by atoms with Gasteiger partial charge in [0, 0.05) is 39.5 Å². The van der Waals surface area contributed by atoms with Gasteiger partial charge in [-0.15, -0.1) is 0 Å². The highest BCUT2D eigenvalue weighted by molar-refractivity contribution is 5.81. The fourth-order valence-corrected chi connectivity index (χ4v) is 1.63. The van der Waals surface area contributed by atoms with E-state index in [2.05, 4.69) is 13.8 Å². The van der Waals surface area contributed by atoms with E-state index in [0.717, 1.165) is 11.5 Å². The number of hydrogen-bond acceptors (Lipinski definition) is 7. The van der Waals surface area contributed by atoms with E-state index in [1.807, 2.05) is 0 Å². The van der Waals surface area contributed by atoms with Gasteiger partial charge in [0.15, 0.2) is 0 Å². The summed E-state index contributed by atoms with van der Waals surface area (Å²) < 4.78 is 10.4. The highest BCUT2D eigenvalue weighted by Gasteiger charge is 2.15. The van der Waals surface area contributed by atoms with Crippen LogP contribution in [0.2, 0.25) is 0 Å². The summed E-state index contributed by atoms with van der Waals surface area (Å²) in [5.41, 5.74) is 0. The molecular formula is C17H29NO7. The van der Waals surface area contributed by atoms with Crippen LogP contribution in [0.1, 0.15) is 52.4 Å². The van der Waals surface area contributed by atoms with E-state index in [9.17, 15) is 19.2 Å². The maximum Gasteiger partial charge on any atom is 0.333 e. The van der Waals surface area contributed by atoms with Gasteiger partial charge in [0.2, 0.25) is 0 Å². The van der Waals surface area contributed by atoms with Gasteiger partial charge < -0.3 is 19.1 Å². The van der Waals surface area contributed by atoms with E-state index in [0.29, 0.717) is 31.8 Å². The van der Waals surface area contributed by atoms with Gasteiger partial charge in [0.05, 0.1) is 19.4 Å². The van der Waals surface area contributed by atoms with Crippen LogP contribution < -0.4 is 0 Å². The predicted molar refractivity (Wildman–Crippen MR) is 89.2 cm³/mol. The molecule has 0 bridgehead atoms. The number of aldehydes is 1. The Bertz CT molecular complexity index is 423. The van der Waals surface area contributed by atoms with Crippen LogP contribution in [0.25, 0.3) is 0 Å². The summed E-state index contributed by atoms with van der Waals surface area (Å²) in [6, 6.07) is 0. The van der Waals surface area contributed by atoms with Crippen molar-refractivity contribution in [1.29, 1.82) is 0 Å². The zero-order valence-electron chi connectivity index (χ0n) is 15.3. The molecule has 0 unspecified atom stereocenters. The maximum atomic E-state index is 11.5. The number of carbonyl (C=O) groups is 4. The van der Waals surface area contributed by atoms with Gasteiger partial charge in [-0.2, -0.15) is 5.06 Å². The van der Waals surface area contributed by atoms with Gasteiger partial charge in [-0.3, -0.25) is 9.59 Å². The van der Waals surface area contributed by atoms with E-state index in [-0.39, 0.29) is 32.3 Å². The lowest BCUT2D eigenvalue weighted by atomic mass is 10.1. The number of ether oxygens (including phenoxy) is 2. The average Bonchev–Trinajstić information content (AvgIpc) is 2.56. The molecule has 8 nitrogen and oxygen atoms in total. The lowest BCUT2D eigenvalue weighted by molar-refractivity contribution is -0.193. The van der Waals surface area contributed by atoms with Crippen LogP contribution in [0.15, 0.2) is 0 Å². The second kappa shape index (κ2) is 14.4. The van der Waals surface area contributed by atoms with E-state index in [4.69, 9.17) is 14.3 Å². The molecule has 0 atom stereocenters. The van der Waals surface area contributed by atoms with Crippen LogP contribution >= 0.6 is 0 Å². The maximum absolute atomic E-state index is 11.5. The fraction of sp³-hybridized carbons (Fsp3) is 0.765. The van der Waals surface area contributed by atoms with Gasteiger partial charge >= 0.3 is 11.9 Å². The van der Waals surface area contributed by atoms with Crippen molar-refractivity contribution in [2.45, 2.75) is 52.4 Å². The minimum Gasteiger partial charge on any atom is -0.466 e. The number of hydroxylamine groups is 2. The first kappa shape index (κ1) is 23.0. The predicted octanol–water partition coefficient (Wildman–Crippen LogP) is 1.66. The molecular weight excluding hydrogens is 330 g/mol. The molecule has 0 saturated heterocycles. The SMILES string of the molecule is CC(C)CCOCCCOC(=O)CCC(=O)ON(C)C(=O)CCC=O. The third-order valence-electron chi connectivity index (χ3n) is 3.13. The number of nitrogens with zero attached hydrogens (tertiary/aromatic N) is 1. The van der Waals surface area contributed by atoms with Crippen LogP contribution in [0.5, 0.6) is 0 Å².